The fraction of sp³-hybridized carbons (Fsp3) is 1.00. The van der Waals surface area contributed by atoms with Crippen LogP contribution in [0, 0.1) is 11.3 Å². The molecule has 1 aliphatic heterocycles. The van der Waals surface area contributed by atoms with E-state index in [2.05, 4.69) is 51.9 Å². The SMILES string of the molecule is CCC(C)(C)N(C)CC1(CNCC(C)C)CCCOC1. The van der Waals surface area contributed by atoms with Gasteiger partial charge >= 0.3 is 0 Å². The molecule has 1 N–H and O–H groups in total. The van der Waals surface area contributed by atoms with Crippen molar-refractivity contribution in [3.8, 4) is 0 Å². The Labute approximate surface area is 126 Å². The average molecular weight is 284 g/mol. The van der Waals surface area contributed by atoms with Gasteiger partial charge in [0.25, 0.3) is 0 Å². The summed E-state index contributed by atoms with van der Waals surface area (Å²) in [5, 5.41) is 3.66. The van der Waals surface area contributed by atoms with Gasteiger partial charge in [-0.25, -0.2) is 0 Å². The number of nitrogens with one attached hydrogen (secondary N) is 1. The third-order valence-corrected chi connectivity index (χ3v) is 4.93. The minimum absolute atomic E-state index is 0.266. The summed E-state index contributed by atoms with van der Waals surface area (Å²) in [6, 6.07) is 0. The molecule has 1 atom stereocenters. The summed E-state index contributed by atoms with van der Waals surface area (Å²) >= 11 is 0. The van der Waals surface area contributed by atoms with Crippen LogP contribution in [-0.4, -0.2) is 50.3 Å². The van der Waals surface area contributed by atoms with Crippen molar-refractivity contribution < 1.29 is 4.74 Å². The zero-order chi connectivity index (χ0) is 15.2. The monoisotopic (exact) mass is 284 g/mol. The van der Waals surface area contributed by atoms with E-state index in [4.69, 9.17) is 4.74 Å². The fourth-order valence-electron chi connectivity index (χ4n) is 2.84. The van der Waals surface area contributed by atoms with Gasteiger partial charge in [0, 0.05) is 30.7 Å². The summed E-state index contributed by atoms with van der Waals surface area (Å²) in [7, 11) is 2.27. The lowest BCUT2D eigenvalue weighted by Crippen LogP contribution is -2.53. The molecule has 0 saturated carbocycles. The third kappa shape index (κ3) is 5.34. The second-order valence-corrected chi connectivity index (χ2v) is 7.70. The molecular weight excluding hydrogens is 248 g/mol. The first-order valence-electron chi connectivity index (χ1n) is 8.31. The third-order valence-electron chi connectivity index (χ3n) is 4.93. The van der Waals surface area contributed by atoms with Crippen LogP contribution in [0.25, 0.3) is 0 Å². The van der Waals surface area contributed by atoms with Gasteiger partial charge in [-0.1, -0.05) is 20.8 Å². The molecule has 0 radical (unpaired) electrons. The lowest BCUT2D eigenvalue weighted by molar-refractivity contribution is -0.0374. The molecule has 1 unspecified atom stereocenters. The van der Waals surface area contributed by atoms with Gasteiger partial charge in [-0.3, -0.25) is 0 Å². The van der Waals surface area contributed by atoms with Gasteiger partial charge in [-0.2, -0.15) is 0 Å². The molecule has 0 aliphatic carbocycles. The van der Waals surface area contributed by atoms with Crippen LogP contribution in [0.1, 0.15) is 53.9 Å². The van der Waals surface area contributed by atoms with Crippen LogP contribution in [0.4, 0.5) is 0 Å². The molecule has 20 heavy (non-hydrogen) atoms. The lowest BCUT2D eigenvalue weighted by Gasteiger charge is -2.45. The van der Waals surface area contributed by atoms with Crippen LogP contribution in [0.3, 0.4) is 0 Å². The molecule has 0 aromatic carbocycles. The molecule has 0 spiro atoms. The van der Waals surface area contributed by atoms with E-state index < -0.39 is 0 Å². The van der Waals surface area contributed by atoms with Gasteiger partial charge in [0.2, 0.25) is 0 Å². The zero-order valence-electron chi connectivity index (χ0n) is 14.6. The number of hydrogen-bond acceptors (Lipinski definition) is 3. The van der Waals surface area contributed by atoms with Crippen molar-refractivity contribution in [2.45, 2.75) is 59.4 Å². The summed E-state index contributed by atoms with van der Waals surface area (Å²) in [6.45, 7) is 16.6. The number of hydrogen-bond donors (Lipinski definition) is 1. The second-order valence-electron chi connectivity index (χ2n) is 7.70. The standard InChI is InChI=1S/C17H36N2O/c1-7-16(4,5)19(6)13-17(9-8-10-20-14-17)12-18-11-15(2)3/h15,18H,7-14H2,1-6H3. The first kappa shape index (κ1) is 17.9. The highest BCUT2D eigenvalue weighted by Crippen LogP contribution is 2.31. The zero-order valence-corrected chi connectivity index (χ0v) is 14.6. The number of nitrogens with zero attached hydrogens (tertiary/aromatic N) is 1. The maximum Gasteiger partial charge on any atom is 0.0546 e. The molecule has 1 saturated heterocycles. The Hall–Kier alpha value is -0.120. The summed E-state index contributed by atoms with van der Waals surface area (Å²) in [5.41, 5.74) is 0.552. The molecule has 0 amide bonds. The molecule has 120 valence electrons. The molecule has 1 aliphatic rings. The molecule has 0 aromatic rings. The second kappa shape index (κ2) is 7.77. The van der Waals surface area contributed by atoms with E-state index in [1.54, 1.807) is 0 Å². The van der Waals surface area contributed by atoms with Crippen LogP contribution < -0.4 is 5.32 Å². The van der Waals surface area contributed by atoms with Crippen LogP contribution in [-0.2, 0) is 4.74 Å². The summed E-state index contributed by atoms with van der Waals surface area (Å²) in [4.78, 5) is 2.53. The van der Waals surface area contributed by atoms with Gasteiger partial charge in [0.15, 0.2) is 0 Å². The number of ether oxygens (including phenoxy) is 1. The van der Waals surface area contributed by atoms with Crippen LogP contribution >= 0.6 is 0 Å². The van der Waals surface area contributed by atoms with Gasteiger partial charge < -0.3 is 15.0 Å². The van der Waals surface area contributed by atoms with Gasteiger partial charge in [0.1, 0.15) is 0 Å². The van der Waals surface area contributed by atoms with Crippen LogP contribution in [0.15, 0.2) is 0 Å². The maximum absolute atomic E-state index is 5.82. The summed E-state index contributed by atoms with van der Waals surface area (Å²) in [5.74, 6) is 0.710. The molecule has 3 nitrogen and oxygen atoms in total. The average Bonchev–Trinajstić information content (AvgIpc) is 2.39. The van der Waals surface area contributed by atoms with Crippen molar-refractivity contribution in [1.82, 2.24) is 10.2 Å². The van der Waals surface area contributed by atoms with E-state index in [1.807, 2.05) is 0 Å². The van der Waals surface area contributed by atoms with E-state index >= 15 is 0 Å². The Bertz CT molecular complexity index is 270. The Balaban J connectivity index is 2.63. The van der Waals surface area contributed by atoms with Crippen LogP contribution in [0.2, 0.25) is 0 Å². The highest BCUT2D eigenvalue weighted by atomic mass is 16.5. The molecule has 0 aromatic heterocycles. The van der Waals surface area contributed by atoms with E-state index in [1.165, 1.54) is 19.3 Å². The minimum atomic E-state index is 0.266. The smallest absolute Gasteiger partial charge is 0.0546 e. The maximum atomic E-state index is 5.82. The quantitative estimate of drug-likeness (QED) is 0.741. The molecule has 1 fully saturated rings. The van der Waals surface area contributed by atoms with Crippen LogP contribution in [0.5, 0.6) is 0 Å². The molecule has 3 heteroatoms. The molecule has 0 bridgehead atoms. The topological polar surface area (TPSA) is 24.5 Å². The van der Waals surface area contributed by atoms with Crippen molar-refractivity contribution in [3.63, 3.8) is 0 Å². The van der Waals surface area contributed by atoms with Crippen molar-refractivity contribution in [1.29, 1.82) is 0 Å². The predicted molar refractivity (Wildman–Crippen MR) is 87.2 cm³/mol. The molecule has 1 rings (SSSR count). The molecular formula is C17H36N2O. The Kier molecular flexibility index (Phi) is 6.96. The van der Waals surface area contributed by atoms with E-state index in [-0.39, 0.29) is 11.0 Å². The fourth-order valence-corrected chi connectivity index (χ4v) is 2.84. The summed E-state index contributed by atoms with van der Waals surface area (Å²) < 4.78 is 5.82. The predicted octanol–water partition coefficient (Wildman–Crippen LogP) is 3.15. The van der Waals surface area contributed by atoms with Gasteiger partial charge in [0.05, 0.1) is 6.61 Å². The highest BCUT2D eigenvalue weighted by molar-refractivity contribution is 4.90. The molecule has 1 heterocycles. The Morgan fingerprint density at radius 3 is 2.55 bits per heavy atom. The Morgan fingerprint density at radius 1 is 1.35 bits per heavy atom. The lowest BCUT2D eigenvalue weighted by atomic mass is 9.80. The van der Waals surface area contributed by atoms with E-state index in [9.17, 15) is 0 Å². The van der Waals surface area contributed by atoms with Gasteiger partial charge in [-0.15, -0.1) is 0 Å². The largest absolute Gasteiger partial charge is 0.381 e. The van der Waals surface area contributed by atoms with Crippen molar-refractivity contribution in [2.24, 2.45) is 11.3 Å². The van der Waals surface area contributed by atoms with E-state index in [0.717, 1.165) is 32.8 Å². The summed E-state index contributed by atoms with van der Waals surface area (Å²) in [6.07, 6.45) is 3.66. The van der Waals surface area contributed by atoms with Crippen molar-refractivity contribution >= 4 is 0 Å². The highest BCUT2D eigenvalue weighted by Gasteiger charge is 2.36. The van der Waals surface area contributed by atoms with Crippen molar-refractivity contribution in [2.75, 3.05) is 39.9 Å². The minimum Gasteiger partial charge on any atom is -0.381 e. The van der Waals surface area contributed by atoms with Crippen molar-refractivity contribution in [3.05, 3.63) is 0 Å². The Morgan fingerprint density at radius 2 is 2.05 bits per heavy atom. The normalized spacial score (nSPS) is 24.6. The first-order valence-corrected chi connectivity index (χ1v) is 8.31. The number of rotatable bonds is 8. The first-order chi connectivity index (χ1) is 9.31. The van der Waals surface area contributed by atoms with Gasteiger partial charge in [-0.05, 0) is 52.6 Å². The van der Waals surface area contributed by atoms with E-state index in [0.29, 0.717) is 5.92 Å².